The highest BCUT2D eigenvalue weighted by molar-refractivity contribution is 7.18. The van der Waals surface area contributed by atoms with E-state index in [4.69, 9.17) is 4.74 Å². The molecule has 0 radical (unpaired) electrons. The Balaban J connectivity index is 1.50. The van der Waals surface area contributed by atoms with Gasteiger partial charge in [0, 0.05) is 0 Å². The van der Waals surface area contributed by atoms with E-state index in [2.05, 4.69) is 10.3 Å². The predicted octanol–water partition coefficient (Wildman–Crippen LogP) is 3.13. The van der Waals surface area contributed by atoms with Crippen LogP contribution in [0.2, 0.25) is 0 Å². The van der Waals surface area contributed by atoms with E-state index in [0.717, 1.165) is 15.2 Å². The number of rotatable bonds is 5. The van der Waals surface area contributed by atoms with Crippen LogP contribution in [0, 0.1) is 5.82 Å². The lowest BCUT2D eigenvalue weighted by Gasteiger charge is -2.06. The third-order valence-corrected chi connectivity index (χ3v) is 3.99. The minimum atomic E-state index is -0.340. The normalized spacial score (nSPS) is 10.6. The van der Waals surface area contributed by atoms with E-state index < -0.39 is 0 Å². The topological polar surface area (TPSA) is 51.2 Å². The van der Waals surface area contributed by atoms with Gasteiger partial charge in [0.05, 0.1) is 16.8 Å². The number of aromatic nitrogens is 1. The molecule has 1 N–H and O–H groups in total. The average Bonchev–Trinajstić information content (AvgIpc) is 2.95. The predicted molar refractivity (Wildman–Crippen MR) is 83.4 cm³/mol. The summed E-state index contributed by atoms with van der Waals surface area (Å²) in [5.74, 6) is -0.132. The Morgan fingerprint density at radius 2 is 1.95 bits per heavy atom. The monoisotopic (exact) mass is 316 g/mol. The van der Waals surface area contributed by atoms with Gasteiger partial charge < -0.3 is 10.1 Å². The largest absolute Gasteiger partial charge is 0.484 e. The number of amides is 1. The summed E-state index contributed by atoms with van der Waals surface area (Å²) >= 11 is 1.55. The number of nitrogens with zero attached hydrogens (tertiary/aromatic N) is 1. The Morgan fingerprint density at radius 1 is 1.18 bits per heavy atom. The van der Waals surface area contributed by atoms with Crippen molar-refractivity contribution in [2.45, 2.75) is 6.54 Å². The minimum Gasteiger partial charge on any atom is -0.484 e. The molecule has 0 saturated heterocycles. The van der Waals surface area contributed by atoms with Gasteiger partial charge in [-0.3, -0.25) is 4.79 Å². The van der Waals surface area contributed by atoms with Crippen LogP contribution in [-0.4, -0.2) is 17.5 Å². The summed E-state index contributed by atoms with van der Waals surface area (Å²) in [4.78, 5) is 16.2. The van der Waals surface area contributed by atoms with Gasteiger partial charge >= 0.3 is 0 Å². The van der Waals surface area contributed by atoms with Crippen LogP contribution in [0.25, 0.3) is 10.2 Å². The molecule has 0 bridgehead atoms. The maximum atomic E-state index is 12.7. The Labute approximate surface area is 130 Å². The Hall–Kier alpha value is -2.47. The zero-order valence-corrected chi connectivity index (χ0v) is 12.4. The summed E-state index contributed by atoms with van der Waals surface area (Å²) < 4.78 is 19.1. The molecule has 0 saturated carbocycles. The van der Waals surface area contributed by atoms with Crippen LogP contribution in [0.5, 0.6) is 5.75 Å². The molecule has 2 aromatic carbocycles. The van der Waals surface area contributed by atoms with Gasteiger partial charge in [-0.1, -0.05) is 12.1 Å². The van der Waals surface area contributed by atoms with Crippen molar-refractivity contribution in [3.05, 3.63) is 59.4 Å². The van der Waals surface area contributed by atoms with Crippen molar-refractivity contribution in [2.24, 2.45) is 0 Å². The molecule has 4 nitrogen and oxygen atoms in total. The molecule has 3 rings (SSSR count). The summed E-state index contributed by atoms with van der Waals surface area (Å²) in [6.45, 7) is 0.251. The molecule has 1 amide bonds. The van der Waals surface area contributed by atoms with Crippen LogP contribution in [-0.2, 0) is 11.3 Å². The molecule has 0 spiro atoms. The molecule has 112 valence electrons. The van der Waals surface area contributed by atoms with Gasteiger partial charge in [0.1, 0.15) is 16.6 Å². The maximum absolute atomic E-state index is 12.7. The van der Waals surface area contributed by atoms with Crippen molar-refractivity contribution in [1.82, 2.24) is 10.3 Å². The number of fused-ring (bicyclic) bond motifs is 1. The fraction of sp³-hybridized carbons (Fsp3) is 0.125. The average molecular weight is 316 g/mol. The molecule has 3 aromatic rings. The third-order valence-electron chi connectivity index (χ3n) is 2.96. The van der Waals surface area contributed by atoms with Crippen LogP contribution >= 0.6 is 11.3 Å². The highest BCUT2D eigenvalue weighted by Gasteiger charge is 2.06. The summed E-state index contributed by atoms with van der Waals surface area (Å²) in [6.07, 6.45) is 0. The molecule has 0 aliphatic carbocycles. The van der Waals surface area contributed by atoms with E-state index in [1.807, 2.05) is 24.3 Å². The molecule has 0 aliphatic rings. The Kier molecular flexibility index (Phi) is 4.29. The van der Waals surface area contributed by atoms with Gasteiger partial charge in [-0.25, -0.2) is 9.37 Å². The molecule has 1 aromatic heterocycles. The summed E-state index contributed by atoms with van der Waals surface area (Å²) in [5.41, 5.74) is 0.930. The second-order valence-corrected chi connectivity index (χ2v) is 5.71. The zero-order chi connectivity index (χ0) is 15.4. The number of carbonyl (C=O) groups is 1. The molecular weight excluding hydrogens is 303 g/mol. The van der Waals surface area contributed by atoms with Gasteiger partial charge in [-0.2, -0.15) is 0 Å². The zero-order valence-electron chi connectivity index (χ0n) is 11.6. The number of benzene rings is 2. The maximum Gasteiger partial charge on any atom is 0.258 e. The molecule has 0 aliphatic heterocycles. The molecule has 6 heteroatoms. The van der Waals surface area contributed by atoms with E-state index in [0.29, 0.717) is 12.3 Å². The third kappa shape index (κ3) is 3.59. The van der Waals surface area contributed by atoms with E-state index in [1.165, 1.54) is 24.3 Å². The van der Waals surface area contributed by atoms with E-state index in [9.17, 15) is 9.18 Å². The van der Waals surface area contributed by atoms with Crippen LogP contribution in [0.15, 0.2) is 48.5 Å². The number of carbonyl (C=O) groups excluding carboxylic acids is 1. The van der Waals surface area contributed by atoms with Crippen LogP contribution in [0.3, 0.4) is 0 Å². The van der Waals surface area contributed by atoms with Crippen molar-refractivity contribution in [1.29, 1.82) is 0 Å². The smallest absolute Gasteiger partial charge is 0.258 e. The number of nitrogens with one attached hydrogen (secondary N) is 1. The summed E-state index contributed by atoms with van der Waals surface area (Å²) in [6, 6.07) is 13.4. The van der Waals surface area contributed by atoms with E-state index in [-0.39, 0.29) is 18.3 Å². The Morgan fingerprint density at radius 3 is 2.73 bits per heavy atom. The second-order valence-electron chi connectivity index (χ2n) is 4.59. The van der Waals surface area contributed by atoms with Crippen LogP contribution < -0.4 is 10.1 Å². The molecule has 0 fully saturated rings. The summed E-state index contributed by atoms with van der Waals surface area (Å²) in [7, 11) is 0. The van der Waals surface area contributed by atoms with Crippen molar-refractivity contribution in [2.75, 3.05) is 6.61 Å². The quantitative estimate of drug-likeness (QED) is 0.787. The standard InChI is InChI=1S/C16H13FN2O2S/c17-11-5-7-12(8-6-11)21-10-15(20)18-9-16-19-13-3-1-2-4-14(13)22-16/h1-8H,9-10H2,(H,18,20). The number of ether oxygens (including phenoxy) is 1. The van der Waals surface area contributed by atoms with Gasteiger partial charge in [-0.05, 0) is 36.4 Å². The molecular formula is C16H13FN2O2S. The van der Waals surface area contributed by atoms with Crippen molar-refractivity contribution in [3.8, 4) is 5.75 Å². The van der Waals surface area contributed by atoms with Gasteiger partial charge in [-0.15, -0.1) is 11.3 Å². The fourth-order valence-corrected chi connectivity index (χ4v) is 2.81. The number of hydrogen-bond acceptors (Lipinski definition) is 4. The van der Waals surface area contributed by atoms with Crippen molar-refractivity contribution in [3.63, 3.8) is 0 Å². The van der Waals surface area contributed by atoms with E-state index >= 15 is 0 Å². The number of halogens is 1. The summed E-state index contributed by atoms with van der Waals surface area (Å²) in [5, 5.41) is 3.60. The SMILES string of the molecule is O=C(COc1ccc(F)cc1)NCc1nc2ccccc2s1. The number of para-hydroxylation sites is 1. The molecule has 0 atom stereocenters. The minimum absolute atomic E-state index is 0.115. The molecule has 22 heavy (non-hydrogen) atoms. The first-order chi connectivity index (χ1) is 10.7. The lowest BCUT2D eigenvalue weighted by atomic mass is 10.3. The van der Waals surface area contributed by atoms with Gasteiger partial charge in [0.2, 0.25) is 0 Å². The fourth-order valence-electron chi connectivity index (χ4n) is 1.90. The van der Waals surface area contributed by atoms with Crippen LogP contribution in [0.1, 0.15) is 5.01 Å². The highest BCUT2D eigenvalue weighted by Crippen LogP contribution is 2.21. The van der Waals surface area contributed by atoms with Crippen LogP contribution in [0.4, 0.5) is 4.39 Å². The van der Waals surface area contributed by atoms with Crippen molar-refractivity contribution >= 4 is 27.5 Å². The first kappa shape index (κ1) is 14.5. The first-order valence-electron chi connectivity index (χ1n) is 6.70. The molecule has 0 unspecified atom stereocenters. The number of hydrogen-bond donors (Lipinski definition) is 1. The lowest BCUT2D eigenvalue weighted by molar-refractivity contribution is -0.123. The van der Waals surface area contributed by atoms with Gasteiger partial charge in [0.15, 0.2) is 6.61 Å². The first-order valence-corrected chi connectivity index (χ1v) is 7.52. The Bertz CT molecular complexity index is 753. The second kappa shape index (κ2) is 6.53. The molecule has 1 heterocycles. The van der Waals surface area contributed by atoms with Crippen molar-refractivity contribution < 1.29 is 13.9 Å². The van der Waals surface area contributed by atoms with E-state index in [1.54, 1.807) is 11.3 Å². The number of thiazole rings is 1. The van der Waals surface area contributed by atoms with Gasteiger partial charge in [0.25, 0.3) is 5.91 Å². The lowest BCUT2D eigenvalue weighted by Crippen LogP contribution is -2.28. The highest BCUT2D eigenvalue weighted by atomic mass is 32.1.